The maximum atomic E-state index is 12.8. The van der Waals surface area contributed by atoms with Crippen molar-refractivity contribution < 1.29 is 18.7 Å². The van der Waals surface area contributed by atoms with Crippen LogP contribution in [0.5, 0.6) is 0 Å². The molecule has 132 valence electrons. The number of nitrogens with one attached hydrogen (secondary N) is 1. The molecule has 25 heavy (non-hydrogen) atoms. The van der Waals surface area contributed by atoms with Crippen LogP contribution in [0.4, 0.5) is 4.39 Å². The predicted octanol–water partition coefficient (Wildman–Crippen LogP) is 3.82. The van der Waals surface area contributed by atoms with Gasteiger partial charge in [0.05, 0.1) is 6.42 Å². The average Bonchev–Trinajstić information content (AvgIpc) is 2.61. The molecule has 4 nitrogen and oxygen atoms in total. The molecule has 0 saturated heterocycles. The van der Waals surface area contributed by atoms with E-state index < -0.39 is 11.9 Å². The highest BCUT2D eigenvalue weighted by atomic mass is 35.5. The van der Waals surface area contributed by atoms with Crippen LogP contribution >= 0.6 is 23.4 Å². The second-order valence-corrected chi connectivity index (χ2v) is 6.72. The van der Waals surface area contributed by atoms with Crippen molar-refractivity contribution in [2.45, 2.75) is 17.9 Å². The highest BCUT2D eigenvalue weighted by molar-refractivity contribution is 7.99. The van der Waals surface area contributed by atoms with Gasteiger partial charge in [0.25, 0.3) is 5.91 Å². The van der Waals surface area contributed by atoms with E-state index in [1.54, 1.807) is 24.3 Å². The van der Waals surface area contributed by atoms with Crippen LogP contribution in [-0.2, 0) is 20.9 Å². The van der Waals surface area contributed by atoms with Gasteiger partial charge >= 0.3 is 5.97 Å². The van der Waals surface area contributed by atoms with Crippen molar-refractivity contribution >= 4 is 35.2 Å². The zero-order valence-electron chi connectivity index (χ0n) is 13.3. The third-order valence-corrected chi connectivity index (χ3v) is 4.42. The Hall–Kier alpha value is -2.05. The van der Waals surface area contributed by atoms with Gasteiger partial charge in [0, 0.05) is 22.2 Å². The molecule has 0 aliphatic carbocycles. The van der Waals surface area contributed by atoms with Gasteiger partial charge in [-0.2, -0.15) is 0 Å². The van der Waals surface area contributed by atoms with Crippen LogP contribution in [0, 0.1) is 5.82 Å². The summed E-state index contributed by atoms with van der Waals surface area (Å²) in [6, 6.07) is 13.1. The van der Waals surface area contributed by atoms with Gasteiger partial charge in [-0.05, 0) is 42.0 Å². The van der Waals surface area contributed by atoms with E-state index in [2.05, 4.69) is 5.32 Å². The summed E-state index contributed by atoms with van der Waals surface area (Å²) < 4.78 is 17.7. The molecule has 0 spiro atoms. The molecule has 1 amide bonds. The SMILES string of the molecule is O=C(COC(=O)CCSc1ccc(Cl)cc1)NCc1ccc(F)cc1. The number of carbonyl (C=O) groups is 2. The molecular weight excluding hydrogens is 365 g/mol. The summed E-state index contributed by atoms with van der Waals surface area (Å²) in [4.78, 5) is 24.3. The highest BCUT2D eigenvalue weighted by Gasteiger charge is 2.08. The average molecular weight is 382 g/mol. The zero-order chi connectivity index (χ0) is 18.1. The van der Waals surface area contributed by atoms with Crippen LogP contribution in [0.3, 0.4) is 0 Å². The maximum absolute atomic E-state index is 12.8. The van der Waals surface area contributed by atoms with Crippen LogP contribution < -0.4 is 5.32 Å². The summed E-state index contributed by atoms with van der Waals surface area (Å²) in [7, 11) is 0. The number of carbonyl (C=O) groups excluding carboxylic acids is 2. The Bertz CT molecular complexity index is 707. The van der Waals surface area contributed by atoms with E-state index >= 15 is 0 Å². The summed E-state index contributed by atoms with van der Waals surface area (Å²) in [5.41, 5.74) is 0.764. The summed E-state index contributed by atoms with van der Waals surface area (Å²) in [5.74, 6) is -0.612. The standard InChI is InChI=1S/C18H17ClFNO3S/c19-14-3-7-16(8-4-14)25-10-9-18(23)24-12-17(22)21-11-13-1-5-15(20)6-2-13/h1-8H,9-12H2,(H,21,22). The molecule has 0 atom stereocenters. The molecule has 0 radical (unpaired) electrons. The van der Waals surface area contributed by atoms with Gasteiger partial charge in [0.1, 0.15) is 5.82 Å². The number of hydrogen-bond acceptors (Lipinski definition) is 4. The molecule has 0 heterocycles. The first kappa shape index (κ1) is 19.3. The molecule has 0 unspecified atom stereocenters. The number of esters is 1. The van der Waals surface area contributed by atoms with E-state index in [1.807, 2.05) is 12.1 Å². The fourth-order valence-electron chi connectivity index (χ4n) is 1.86. The normalized spacial score (nSPS) is 10.3. The summed E-state index contributed by atoms with van der Waals surface area (Å²) in [6.45, 7) is -0.0747. The molecule has 7 heteroatoms. The van der Waals surface area contributed by atoms with E-state index in [0.717, 1.165) is 10.5 Å². The first-order chi connectivity index (χ1) is 12.0. The van der Waals surface area contributed by atoms with Crippen molar-refractivity contribution in [3.8, 4) is 0 Å². The van der Waals surface area contributed by atoms with E-state index in [9.17, 15) is 14.0 Å². The third kappa shape index (κ3) is 7.58. The highest BCUT2D eigenvalue weighted by Crippen LogP contribution is 2.20. The number of halogens is 2. The Morgan fingerprint density at radius 1 is 1.08 bits per heavy atom. The van der Waals surface area contributed by atoms with Gasteiger partial charge in [-0.15, -0.1) is 11.8 Å². The number of amides is 1. The zero-order valence-corrected chi connectivity index (χ0v) is 14.9. The lowest BCUT2D eigenvalue weighted by Crippen LogP contribution is -2.28. The van der Waals surface area contributed by atoms with Crippen LogP contribution in [0.15, 0.2) is 53.4 Å². The third-order valence-electron chi connectivity index (χ3n) is 3.16. The molecular formula is C18H17ClFNO3S. The Morgan fingerprint density at radius 3 is 2.44 bits per heavy atom. The number of rotatable bonds is 8. The number of thioether (sulfide) groups is 1. The maximum Gasteiger partial charge on any atom is 0.307 e. The fraction of sp³-hybridized carbons (Fsp3) is 0.222. The minimum Gasteiger partial charge on any atom is -0.456 e. The van der Waals surface area contributed by atoms with Crippen molar-refractivity contribution in [3.63, 3.8) is 0 Å². The summed E-state index contributed by atoms with van der Waals surface area (Å²) in [6.07, 6.45) is 0.207. The fourth-order valence-corrected chi connectivity index (χ4v) is 2.81. The molecule has 2 aromatic carbocycles. The minimum atomic E-state index is -0.432. The molecule has 0 fully saturated rings. The van der Waals surface area contributed by atoms with Gasteiger partial charge in [-0.3, -0.25) is 9.59 Å². The number of ether oxygens (including phenoxy) is 1. The van der Waals surface area contributed by atoms with Crippen LogP contribution in [0.2, 0.25) is 5.02 Å². The van der Waals surface area contributed by atoms with Crippen molar-refractivity contribution in [2.24, 2.45) is 0 Å². The molecule has 0 bridgehead atoms. The number of benzene rings is 2. The van der Waals surface area contributed by atoms with Gasteiger partial charge in [0.15, 0.2) is 6.61 Å². The second-order valence-electron chi connectivity index (χ2n) is 5.12. The monoisotopic (exact) mass is 381 g/mol. The van der Waals surface area contributed by atoms with E-state index in [-0.39, 0.29) is 25.4 Å². The van der Waals surface area contributed by atoms with Crippen LogP contribution in [-0.4, -0.2) is 24.2 Å². The lowest BCUT2D eigenvalue weighted by atomic mass is 10.2. The van der Waals surface area contributed by atoms with Crippen molar-refractivity contribution in [1.82, 2.24) is 5.32 Å². The van der Waals surface area contributed by atoms with E-state index in [1.165, 1.54) is 23.9 Å². The Kier molecular flexibility index (Phi) is 7.76. The van der Waals surface area contributed by atoms with Gasteiger partial charge in [0.2, 0.25) is 0 Å². The molecule has 1 N–H and O–H groups in total. The van der Waals surface area contributed by atoms with Gasteiger partial charge in [-0.1, -0.05) is 23.7 Å². The first-order valence-electron chi connectivity index (χ1n) is 7.58. The molecule has 2 rings (SSSR count). The van der Waals surface area contributed by atoms with Crippen molar-refractivity contribution in [1.29, 1.82) is 0 Å². The number of hydrogen-bond donors (Lipinski definition) is 1. The van der Waals surface area contributed by atoms with E-state index in [4.69, 9.17) is 16.3 Å². The largest absolute Gasteiger partial charge is 0.456 e. The first-order valence-corrected chi connectivity index (χ1v) is 8.94. The molecule has 0 aliphatic heterocycles. The van der Waals surface area contributed by atoms with Gasteiger partial charge < -0.3 is 10.1 Å². The molecule has 0 saturated carbocycles. The second kappa shape index (κ2) is 10.1. The molecule has 2 aromatic rings. The van der Waals surface area contributed by atoms with Crippen molar-refractivity contribution in [2.75, 3.05) is 12.4 Å². The Morgan fingerprint density at radius 2 is 1.76 bits per heavy atom. The molecule has 0 aliphatic rings. The Labute approximate surface area is 154 Å². The minimum absolute atomic E-state index is 0.207. The summed E-state index contributed by atoms with van der Waals surface area (Å²) >= 11 is 7.31. The van der Waals surface area contributed by atoms with Crippen LogP contribution in [0.1, 0.15) is 12.0 Å². The Balaban J connectivity index is 1.59. The summed E-state index contributed by atoms with van der Waals surface area (Å²) in [5, 5.41) is 3.27. The predicted molar refractivity (Wildman–Crippen MR) is 96.0 cm³/mol. The van der Waals surface area contributed by atoms with Crippen LogP contribution in [0.25, 0.3) is 0 Å². The lowest BCUT2D eigenvalue weighted by molar-refractivity contribution is -0.148. The topological polar surface area (TPSA) is 55.4 Å². The molecule has 0 aromatic heterocycles. The lowest BCUT2D eigenvalue weighted by Gasteiger charge is -2.07. The van der Waals surface area contributed by atoms with Gasteiger partial charge in [-0.25, -0.2) is 4.39 Å². The van der Waals surface area contributed by atoms with Crippen molar-refractivity contribution in [3.05, 3.63) is 64.9 Å². The smallest absolute Gasteiger partial charge is 0.307 e. The van der Waals surface area contributed by atoms with E-state index in [0.29, 0.717) is 10.8 Å². The quantitative estimate of drug-likeness (QED) is 0.558.